The lowest BCUT2D eigenvalue weighted by Gasteiger charge is -2.38. The van der Waals surface area contributed by atoms with Gasteiger partial charge in [-0.05, 0) is 82.5 Å². The fourth-order valence-electron chi connectivity index (χ4n) is 8.55. The minimum atomic E-state index is -0.931. The predicted octanol–water partition coefficient (Wildman–Crippen LogP) is 6.14. The molecule has 3 aromatic heterocycles. The molecule has 12 heteroatoms. The van der Waals surface area contributed by atoms with Gasteiger partial charge in [-0.25, -0.2) is 13.5 Å². The van der Waals surface area contributed by atoms with Crippen molar-refractivity contribution in [3.63, 3.8) is 0 Å². The second-order valence-corrected chi connectivity index (χ2v) is 14.4. The lowest BCUT2D eigenvalue weighted by atomic mass is 9.94. The maximum absolute atomic E-state index is 17.2. The highest BCUT2D eigenvalue weighted by Crippen LogP contribution is 2.42. The highest BCUT2D eigenvalue weighted by Gasteiger charge is 2.49. The van der Waals surface area contributed by atoms with Crippen LogP contribution in [0.15, 0.2) is 25.0 Å². The van der Waals surface area contributed by atoms with Gasteiger partial charge in [0.2, 0.25) is 0 Å². The molecule has 254 valence electrons. The molecular formula is C36H43F2N7O3. The summed E-state index contributed by atoms with van der Waals surface area (Å²) in [6, 6.07) is 2.08. The molecule has 8 rings (SSSR count). The minimum Gasteiger partial charge on any atom is -0.461 e. The van der Waals surface area contributed by atoms with Gasteiger partial charge < -0.3 is 19.5 Å². The number of hydrogen-bond donors (Lipinski definition) is 1. The average molecular weight is 660 g/mol. The van der Waals surface area contributed by atoms with Crippen molar-refractivity contribution in [3.05, 3.63) is 42.0 Å². The van der Waals surface area contributed by atoms with Crippen LogP contribution in [0.4, 0.5) is 14.6 Å². The van der Waals surface area contributed by atoms with Crippen LogP contribution in [0, 0.1) is 12.7 Å². The van der Waals surface area contributed by atoms with Crippen LogP contribution in [0.5, 0.6) is 6.01 Å². The predicted molar refractivity (Wildman–Crippen MR) is 180 cm³/mol. The summed E-state index contributed by atoms with van der Waals surface area (Å²) in [5, 5.41) is 16.9. The number of benzene rings is 1. The third kappa shape index (κ3) is 5.32. The first kappa shape index (κ1) is 31.5. The Morgan fingerprint density at radius 2 is 2.00 bits per heavy atom. The molecule has 4 atom stereocenters. The topological polar surface area (TPSA) is 102 Å². The van der Waals surface area contributed by atoms with E-state index in [4.69, 9.17) is 24.5 Å². The summed E-state index contributed by atoms with van der Waals surface area (Å²) in [6.45, 7) is 10.9. The van der Waals surface area contributed by atoms with Gasteiger partial charge in [-0.3, -0.25) is 9.88 Å². The molecule has 0 aliphatic carbocycles. The van der Waals surface area contributed by atoms with Gasteiger partial charge in [0.1, 0.15) is 29.8 Å². The van der Waals surface area contributed by atoms with E-state index in [-0.39, 0.29) is 30.1 Å². The molecule has 0 amide bonds. The number of rotatable bonds is 7. The summed E-state index contributed by atoms with van der Waals surface area (Å²) in [7, 11) is 0. The summed E-state index contributed by atoms with van der Waals surface area (Å²) < 4.78 is 45.9. The lowest BCUT2D eigenvalue weighted by Crippen LogP contribution is -2.46. The fraction of sp³-hybridized carbons (Fsp3) is 0.556. The van der Waals surface area contributed by atoms with Crippen LogP contribution in [-0.4, -0.2) is 91.4 Å². The quantitative estimate of drug-likeness (QED) is 0.251. The van der Waals surface area contributed by atoms with E-state index >= 15 is 4.39 Å². The number of fused-ring (bicyclic) bond motifs is 3. The fourth-order valence-corrected chi connectivity index (χ4v) is 8.55. The molecule has 1 aromatic carbocycles. The van der Waals surface area contributed by atoms with Crippen LogP contribution in [-0.2, 0) is 4.74 Å². The van der Waals surface area contributed by atoms with Gasteiger partial charge in [0.25, 0.3) is 0 Å². The van der Waals surface area contributed by atoms with E-state index in [0.29, 0.717) is 55.9 Å². The van der Waals surface area contributed by atoms with Crippen LogP contribution in [0.1, 0.15) is 75.6 Å². The van der Waals surface area contributed by atoms with Crippen LogP contribution < -0.4 is 9.64 Å². The Morgan fingerprint density at radius 1 is 1.15 bits per heavy atom. The molecule has 1 unspecified atom stereocenters. The van der Waals surface area contributed by atoms with Crippen molar-refractivity contribution >= 4 is 33.7 Å². The smallest absolute Gasteiger partial charge is 0.319 e. The summed E-state index contributed by atoms with van der Waals surface area (Å²) in [4.78, 5) is 18.3. The van der Waals surface area contributed by atoms with Crippen LogP contribution in [0.3, 0.4) is 0 Å². The van der Waals surface area contributed by atoms with Crippen LogP contribution in [0.25, 0.3) is 39.1 Å². The van der Waals surface area contributed by atoms with Gasteiger partial charge in [-0.1, -0.05) is 12.7 Å². The zero-order valence-corrected chi connectivity index (χ0v) is 27.7. The Morgan fingerprint density at radius 3 is 2.79 bits per heavy atom. The highest BCUT2D eigenvalue weighted by molar-refractivity contribution is 6.01. The molecule has 4 saturated heterocycles. The van der Waals surface area contributed by atoms with Crippen LogP contribution in [0.2, 0.25) is 0 Å². The van der Waals surface area contributed by atoms with Gasteiger partial charge in [0.15, 0.2) is 12.0 Å². The summed E-state index contributed by atoms with van der Waals surface area (Å²) >= 11 is 0. The monoisotopic (exact) mass is 659 g/mol. The molecule has 1 N–H and O–H groups in total. The maximum atomic E-state index is 17.2. The first-order valence-electron chi connectivity index (χ1n) is 17.3. The Balaban J connectivity index is 1.27. The van der Waals surface area contributed by atoms with Gasteiger partial charge >= 0.3 is 6.01 Å². The van der Waals surface area contributed by atoms with Gasteiger partial charge in [0, 0.05) is 49.8 Å². The number of aryl methyl sites for hydroxylation is 1. The molecule has 48 heavy (non-hydrogen) atoms. The van der Waals surface area contributed by atoms with Gasteiger partial charge in [-0.15, -0.1) is 0 Å². The number of β-amino-alcohol motifs (C(OH)–C–C–N with tert-alkyl or cyclic N) is 1. The lowest BCUT2D eigenvalue weighted by molar-refractivity contribution is -0.0366. The Hall–Kier alpha value is -3.74. The molecule has 0 spiro atoms. The number of alkyl halides is 1. The first-order chi connectivity index (χ1) is 23.2. The van der Waals surface area contributed by atoms with Gasteiger partial charge in [-0.2, -0.15) is 15.1 Å². The standard InChI is InChI=1S/C36H43F2N7O3/c1-4-24-22(2)15-27-25(18-40-45(27)28-9-5-6-14-47-28)29(24)32-30(38)31-26(17-39-32)33(43-12-7-10-35(3,46)20-43)42-34(41-31)48-21-36-11-8-13-44(36)19-23(37)16-36/h4,15,17-18,23,28,46H,1,5-14,16,19-21H2,2-3H3/t23-,28?,35-,36+/m1/s1. The Labute approximate surface area is 278 Å². The SMILES string of the molecule is C=Cc1c(C)cc2c(cnn2C2CCCCO2)c1-c1ncc2c(N3CCC[C@@](C)(O)C3)nc(OC[C@@]34CCCN3C[C@H](F)C4)nc2c1F. The zero-order chi connectivity index (χ0) is 33.2. The number of anilines is 1. The minimum absolute atomic E-state index is 0.0305. The Kier molecular flexibility index (Phi) is 7.88. The van der Waals surface area contributed by atoms with Crippen molar-refractivity contribution in [2.75, 3.05) is 44.3 Å². The number of nitrogens with zero attached hydrogens (tertiary/aromatic N) is 7. The second kappa shape index (κ2) is 12.0. The maximum Gasteiger partial charge on any atom is 0.319 e. The number of halogens is 2. The van der Waals surface area contributed by atoms with E-state index < -0.39 is 23.1 Å². The number of ether oxygens (including phenoxy) is 2. The zero-order valence-electron chi connectivity index (χ0n) is 27.7. The summed E-state index contributed by atoms with van der Waals surface area (Å²) in [5.41, 5.74) is 1.97. The first-order valence-corrected chi connectivity index (χ1v) is 17.3. The van der Waals surface area contributed by atoms with Crippen molar-refractivity contribution in [1.29, 1.82) is 0 Å². The third-order valence-corrected chi connectivity index (χ3v) is 10.9. The molecule has 4 aliphatic heterocycles. The Bertz CT molecular complexity index is 1890. The average Bonchev–Trinajstić information content (AvgIpc) is 3.75. The molecular weight excluding hydrogens is 616 g/mol. The van der Waals surface area contributed by atoms with E-state index in [1.54, 1.807) is 25.4 Å². The number of hydrogen-bond acceptors (Lipinski definition) is 9. The molecule has 0 saturated carbocycles. The number of aromatic nitrogens is 5. The highest BCUT2D eigenvalue weighted by atomic mass is 19.1. The van der Waals surface area contributed by atoms with E-state index in [0.717, 1.165) is 67.1 Å². The van der Waals surface area contributed by atoms with Crippen molar-refractivity contribution < 1.29 is 23.4 Å². The molecule has 0 bridgehead atoms. The van der Waals surface area contributed by atoms with Gasteiger partial charge in [0.05, 0.1) is 28.2 Å². The molecule has 4 aromatic rings. The largest absolute Gasteiger partial charge is 0.461 e. The number of piperidine rings is 1. The van der Waals surface area contributed by atoms with Crippen molar-refractivity contribution in [1.82, 2.24) is 29.6 Å². The molecule has 0 radical (unpaired) electrons. The van der Waals surface area contributed by atoms with E-state index in [9.17, 15) is 9.50 Å². The van der Waals surface area contributed by atoms with Crippen molar-refractivity contribution in [2.45, 2.75) is 88.8 Å². The molecule has 4 fully saturated rings. The molecule has 7 heterocycles. The molecule has 4 aliphatic rings. The third-order valence-electron chi connectivity index (χ3n) is 10.9. The van der Waals surface area contributed by atoms with E-state index in [1.807, 2.05) is 22.6 Å². The number of aliphatic hydroxyl groups is 1. The van der Waals surface area contributed by atoms with E-state index in [1.165, 1.54) is 0 Å². The summed E-state index contributed by atoms with van der Waals surface area (Å²) in [6.07, 6.45) is 10.6. The molecule has 10 nitrogen and oxygen atoms in total. The van der Waals surface area contributed by atoms with E-state index in [2.05, 4.69) is 16.5 Å². The van der Waals surface area contributed by atoms with Crippen LogP contribution >= 0.6 is 0 Å². The normalized spacial score (nSPS) is 28.0. The van der Waals surface area contributed by atoms with Crippen molar-refractivity contribution in [3.8, 4) is 17.3 Å². The van der Waals surface area contributed by atoms with Crippen molar-refractivity contribution in [2.24, 2.45) is 0 Å². The summed E-state index contributed by atoms with van der Waals surface area (Å²) in [5.74, 6) is -0.143. The number of pyridine rings is 1. The second-order valence-electron chi connectivity index (χ2n) is 14.4.